The Bertz CT molecular complexity index is 973. The summed E-state index contributed by atoms with van der Waals surface area (Å²) in [6, 6.07) is 11.8. The number of halogens is 1. The Morgan fingerprint density at radius 2 is 1.85 bits per heavy atom. The molecular formula is C20H21ClN4O. The lowest BCUT2D eigenvalue weighted by Gasteiger charge is -2.36. The van der Waals surface area contributed by atoms with Crippen molar-refractivity contribution in [2.75, 3.05) is 31.1 Å². The number of aryl methyl sites for hydroxylation is 2. The number of nitrogens with zero attached hydrogens (tertiary/aromatic N) is 4. The Kier molecular flexibility index (Phi) is 4.32. The van der Waals surface area contributed by atoms with Gasteiger partial charge < -0.3 is 9.80 Å². The zero-order valence-electron chi connectivity index (χ0n) is 14.9. The van der Waals surface area contributed by atoms with Crippen LogP contribution in [0.5, 0.6) is 0 Å². The first-order valence-electron chi connectivity index (χ1n) is 8.78. The van der Waals surface area contributed by atoms with E-state index in [0.29, 0.717) is 18.8 Å². The summed E-state index contributed by atoms with van der Waals surface area (Å²) in [5.74, 6) is 0.0475. The van der Waals surface area contributed by atoms with E-state index in [1.54, 1.807) is 0 Å². The first kappa shape index (κ1) is 16.9. The monoisotopic (exact) mass is 368 g/mol. The highest BCUT2D eigenvalue weighted by atomic mass is 35.5. The van der Waals surface area contributed by atoms with E-state index in [1.165, 1.54) is 0 Å². The molecule has 3 aromatic rings. The van der Waals surface area contributed by atoms with Gasteiger partial charge in [0.1, 0.15) is 11.3 Å². The molecule has 0 N–H and O–H groups in total. The molecule has 134 valence electrons. The average molecular weight is 369 g/mol. The quantitative estimate of drug-likeness (QED) is 0.694. The van der Waals surface area contributed by atoms with Gasteiger partial charge in [0.15, 0.2) is 0 Å². The van der Waals surface area contributed by atoms with Crippen LogP contribution >= 0.6 is 11.6 Å². The summed E-state index contributed by atoms with van der Waals surface area (Å²) in [4.78, 5) is 21.9. The molecule has 2 aromatic heterocycles. The molecular weight excluding hydrogens is 348 g/mol. The van der Waals surface area contributed by atoms with Gasteiger partial charge in [-0.2, -0.15) is 0 Å². The van der Waals surface area contributed by atoms with Crippen LogP contribution in [0.4, 0.5) is 5.69 Å². The third-order valence-corrected chi connectivity index (χ3v) is 5.20. The van der Waals surface area contributed by atoms with Crippen LogP contribution in [0.25, 0.3) is 5.65 Å². The number of benzene rings is 1. The van der Waals surface area contributed by atoms with Gasteiger partial charge in [0.25, 0.3) is 5.91 Å². The number of anilines is 1. The Labute approximate surface area is 157 Å². The number of carbonyl (C=O) groups excluding carboxylic acids is 1. The minimum absolute atomic E-state index is 0.0475. The van der Waals surface area contributed by atoms with E-state index in [0.717, 1.165) is 40.7 Å². The summed E-state index contributed by atoms with van der Waals surface area (Å²) >= 11 is 6.10. The molecule has 1 aliphatic rings. The fraction of sp³-hybridized carbons (Fsp3) is 0.300. The van der Waals surface area contributed by atoms with Crippen LogP contribution in [0, 0.1) is 13.8 Å². The molecule has 0 unspecified atom stereocenters. The van der Waals surface area contributed by atoms with Crippen molar-refractivity contribution in [2.45, 2.75) is 13.8 Å². The van der Waals surface area contributed by atoms with Crippen molar-refractivity contribution < 1.29 is 4.79 Å². The second-order valence-electron chi connectivity index (χ2n) is 6.69. The van der Waals surface area contributed by atoms with Crippen molar-refractivity contribution in [2.24, 2.45) is 0 Å². The Morgan fingerprint density at radius 1 is 1.08 bits per heavy atom. The molecule has 4 rings (SSSR count). The number of hydrogen-bond acceptors (Lipinski definition) is 3. The van der Waals surface area contributed by atoms with E-state index in [4.69, 9.17) is 11.6 Å². The summed E-state index contributed by atoms with van der Waals surface area (Å²) < 4.78 is 1.91. The maximum absolute atomic E-state index is 13.1. The van der Waals surface area contributed by atoms with Gasteiger partial charge in [-0.3, -0.25) is 9.20 Å². The van der Waals surface area contributed by atoms with E-state index in [2.05, 4.69) is 16.0 Å². The van der Waals surface area contributed by atoms with Crippen molar-refractivity contribution in [3.63, 3.8) is 0 Å². The lowest BCUT2D eigenvalue weighted by Crippen LogP contribution is -2.49. The van der Waals surface area contributed by atoms with Crippen molar-refractivity contribution in [3.8, 4) is 0 Å². The fourth-order valence-corrected chi connectivity index (χ4v) is 3.75. The van der Waals surface area contributed by atoms with Crippen molar-refractivity contribution in [1.82, 2.24) is 14.3 Å². The topological polar surface area (TPSA) is 40.9 Å². The van der Waals surface area contributed by atoms with Gasteiger partial charge in [-0.15, -0.1) is 0 Å². The van der Waals surface area contributed by atoms with E-state index < -0.39 is 0 Å². The number of aromatic nitrogens is 2. The molecule has 0 atom stereocenters. The fourth-order valence-electron chi connectivity index (χ4n) is 3.57. The predicted molar refractivity (Wildman–Crippen MR) is 104 cm³/mol. The molecule has 6 heteroatoms. The van der Waals surface area contributed by atoms with Gasteiger partial charge >= 0.3 is 0 Å². The van der Waals surface area contributed by atoms with Crippen LogP contribution in [0.1, 0.15) is 21.7 Å². The molecule has 3 heterocycles. The smallest absolute Gasteiger partial charge is 0.272 e. The average Bonchev–Trinajstić information content (AvgIpc) is 2.99. The maximum atomic E-state index is 13.1. The van der Waals surface area contributed by atoms with E-state index in [-0.39, 0.29) is 5.91 Å². The molecule has 0 saturated carbocycles. The van der Waals surface area contributed by atoms with Crippen LogP contribution in [-0.2, 0) is 0 Å². The number of imidazole rings is 1. The van der Waals surface area contributed by atoms with Gasteiger partial charge in [-0.25, -0.2) is 4.98 Å². The number of rotatable bonds is 2. The van der Waals surface area contributed by atoms with Crippen LogP contribution in [0.2, 0.25) is 5.02 Å². The van der Waals surface area contributed by atoms with Gasteiger partial charge in [0, 0.05) is 43.1 Å². The number of carbonyl (C=O) groups is 1. The van der Waals surface area contributed by atoms with Crippen LogP contribution in [0.3, 0.4) is 0 Å². The van der Waals surface area contributed by atoms with Crippen molar-refractivity contribution in [3.05, 3.63) is 64.6 Å². The highest BCUT2D eigenvalue weighted by molar-refractivity contribution is 6.30. The summed E-state index contributed by atoms with van der Waals surface area (Å²) in [5.41, 5.74) is 4.47. The summed E-state index contributed by atoms with van der Waals surface area (Å²) in [6.45, 7) is 6.87. The van der Waals surface area contributed by atoms with Gasteiger partial charge in [0.05, 0.1) is 5.69 Å². The lowest BCUT2D eigenvalue weighted by atomic mass is 10.2. The zero-order valence-corrected chi connectivity index (χ0v) is 15.7. The predicted octanol–water partition coefficient (Wildman–Crippen LogP) is 3.57. The number of amides is 1. The molecule has 1 saturated heterocycles. The van der Waals surface area contributed by atoms with E-state index in [1.807, 2.05) is 59.7 Å². The molecule has 0 bridgehead atoms. The van der Waals surface area contributed by atoms with E-state index in [9.17, 15) is 4.79 Å². The normalized spacial score (nSPS) is 14.9. The third-order valence-electron chi connectivity index (χ3n) is 4.96. The number of piperazine rings is 1. The largest absolute Gasteiger partial charge is 0.368 e. The first-order chi connectivity index (χ1) is 12.5. The number of fused-ring (bicyclic) bond motifs is 1. The van der Waals surface area contributed by atoms with Crippen LogP contribution in [0.15, 0.2) is 42.6 Å². The number of pyridine rings is 1. The van der Waals surface area contributed by atoms with Crippen LogP contribution in [-0.4, -0.2) is 46.4 Å². The Morgan fingerprint density at radius 3 is 2.58 bits per heavy atom. The van der Waals surface area contributed by atoms with E-state index >= 15 is 0 Å². The summed E-state index contributed by atoms with van der Waals surface area (Å²) in [6.07, 6.45) is 1.91. The van der Waals surface area contributed by atoms with Crippen molar-refractivity contribution >= 4 is 28.8 Å². The molecule has 0 radical (unpaired) electrons. The minimum Gasteiger partial charge on any atom is -0.368 e. The molecule has 5 nitrogen and oxygen atoms in total. The molecule has 0 spiro atoms. The SMILES string of the molecule is Cc1nc2c(C)cccn2c1C(=O)N1CCN(c2cccc(Cl)c2)CC1. The highest BCUT2D eigenvalue weighted by Gasteiger charge is 2.26. The Hall–Kier alpha value is -2.53. The van der Waals surface area contributed by atoms with Gasteiger partial charge in [0.2, 0.25) is 0 Å². The molecule has 1 aliphatic heterocycles. The third kappa shape index (κ3) is 2.92. The molecule has 1 amide bonds. The maximum Gasteiger partial charge on any atom is 0.272 e. The zero-order chi connectivity index (χ0) is 18.3. The second-order valence-corrected chi connectivity index (χ2v) is 7.13. The van der Waals surface area contributed by atoms with Gasteiger partial charge in [-0.1, -0.05) is 23.7 Å². The summed E-state index contributed by atoms with van der Waals surface area (Å²) in [7, 11) is 0. The molecule has 1 aromatic carbocycles. The second kappa shape index (κ2) is 6.65. The molecule has 0 aliphatic carbocycles. The van der Waals surface area contributed by atoms with Crippen molar-refractivity contribution in [1.29, 1.82) is 0 Å². The summed E-state index contributed by atoms with van der Waals surface area (Å²) in [5, 5.41) is 0.734. The molecule has 26 heavy (non-hydrogen) atoms. The standard InChI is InChI=1S/C20H21ClN4O/c1-14-5-4-8-25-18(15(2)22-19(14)25)20(26)24-11-9-23(10-12-24)17-7-3-6-16(21)13-17/h3-8,13H,9-12H2,1-2H3. The number of hydrogen-bond donors (Lipinski definition) is 0. The van der Waals surface area contributed by atoms with Crippen LogP contribution < -0.4 is 4.90 Å². The molecule has 1 fully saturated rings. The lowest BCUT2D eigenvalue weighted by molar-refractivity contribution is 0.0739. The first-order valence-corrected chi connectivity index (χ1v) is 9.16. The minimum atomic E-state index is 0.0475. The Balaban J connectivity index is 1.54. The highest BCUT2D eigenvalue weighted by Crippen LogP contribution is 2.22. The van der Waals surface area contributed by atoms with Gasteiger partial charge in [-0.05, 0) is 43.7 Å².